The van der Waals surface area contributed by atoms with Crippen LogP contribution in [-0.2, 0) is 24.8 Å². The maximum absolute atomic E-state index is 13.2. The van der Waals surface area contributed by atoms with Gasteiger partial charge in [-0.3, -0.25) is 9.52 Å². The molecule has 33 heavy (non-hydrogen) atoms. The van der Waals surface area contributed by atoms with E-state index in [1.54, 1.807) is 32.0 Å². The highest BCUT2D eigenvalue weighted by atomic mass is 32.2. The Bertz CT molecular complexity index is 1220. The van der Waals surface area contributed by atoms with Crippen molar-refractivity contribution in [3.05, 3.63) is 53.8 Å². The molecule has 0 radical (unpaired) electrons. The number of amides is 1. The van der Waals surface area contributed by atoms with Crippen molar-refractivity contribution in [3.8, 4) is 0 Å². The van der Waals surface area contributed by atoms with Crippen molar-refractivity contribution in [2.24, 2.45) is 5.92 Å². The zero-order valence-corrected chi connectivity index (χ0v) is 20.2. The monoisotopic (exact) mass is 497 g/mol. The van der Waals surface area contributed by atoms with Crippen LogP contribution >= 0.6 is 0 Å². The van der Waals surface area contributed by atoms with Crippen LogP contribution in [0.1, 0.15) is 31.7 Å². The van der Waals surface area contributed by atoms with E-state index in [-0.39, 0.29) is 29.6 Å². The molecule has 2 N–H and O–H groups in total. The average Bonchev–Trinajstić information content (AvgIpc) is 2.76. The van der Waals surface area contributed by atoms with E-state index in [1.807, 2.05) is 0 Å². The minimum absolute atomic E-state index is 0.00735. The molecule has 11 heteroatoms. The van der Waals surface area contributed by atoms with Crippen LogP contribution in [0.3, 0.4) is 0 Å². The number of piperidine rings is 1. The molecule has 1 saturated heterocycles. The number of hydrogen-bond acceptors (Lipinski definition) is 5. The van der Waals surface area contributed by atoms with Gasteiger partial charge in [0.05, 0.1) is 22.3 Å². The summed E-state index contributed by atoms with van der Waals surface area (Å²) in [6, 6.07) is 9.53. The van der Waals surface area contributed by atoms with Crippen LogP contribution in [0.15, 0.2) is 47.4 Å². The molecule has 2 aromatic carbocycles. The Balaban J connectivity index is 1.73. The highest BCUT2D eigenvalue weighted by Crippen LogP contribution is 2.28. The smallest absolute Gasteiger partial charge is 0.243 e. The highest BCUT2D eigenvalue weighted by Gasteiger charge is 2.33. The average molecular weight is 498 g/mol. The number of hydrogen-bond donors (Lipinski definition) is 2. The summed E-state index contributed by atoms with van der Waals surface area (Å²) in [7, 11) is -7.33. The molecule has 2 aromatic rings. The summed E-state index contributed by atoms with van der Waals surface area (Å²) in [6.45, 7) is 3.75. The second-order valence-electron chi connectivity index (χ2n) is 8.04. The maximum atomic E-state index is 13.2. The molecule has 1 heterocycles. The Kier molecular flexibility index (Phi) is 7.76. The third-order valence-electron chi connectivity index (χ3n) is 5.54. The molecule has 1 unspecified atom stereocenters. The summed E-state index contributed by atoms with van der Waals surface area (Å²) in [6.07, 6.45) is 1.50. The van der Waals surface area contributed by atoms with Crippen LogP contribution in [-0.4, -0.2) is 45.9 Å². The molecule has 3 rings (SSSR count). The second-order valence-corrected chi connectivity index (χ2v) is 11.8. The van der Waals surface area contributed by atoms with E-state index in [9.17, 15) is 26.0 Å². The van der Waals surface area contributed by atoms with Gasteiger partial charge in [0.15, 0.2) is 0 Å². The Morgan fingerprint density at radius 1 is 1.09 bits per heavy atom. The van der Waals surface area contributed by atoms with E-state index < -0.39 is 31.8 Å². The first kappa shape index (κ1) is 25.1. The molecule has 0 spiro atoms. The molecule has 0 bridgehead atoms. The molecule has 0 aromatic heterocycles. The number of rotatable bonds is 8. The largest absolute Gasteiger partial charge is 0.325 e. The summed E-state index contributed by atoms with van der Waals surface area (Å²) >= 11 is 0. The number of anilines is 2. The van der Waals surface area contributed by atoms with Crippen LogP contribution in [0, 0.1) is 18.7 Å². The lowest BCUT2D eigenvalue weighted by Gasteiger charge is -2.31. The number of halogens is 1. The van der Waals surface area contributed by atoms with Gasteiger partial charge in [-0.2, -0.15) is 4.31 Å². The van der Waals surface area contributed by atoms with Gasteiger partial charge >= 0.3 is 0 Å². The van der Waals surface area contributed by atoms with E-state index in [0.717, 1.165) is 12.1 Å². The molecule has 8 nitrogen and oxygen atoms in total. The summed E-state index contributed by atoms with van der Waals surface area (Å²) in [4.78, 5) is 12.9. The van der Waals surface area contributed by atoms with Crippen molar-refractivity contribution in [1.29, 1.82) is 0 Å². The second kappa shape index (κ2) is 10.2. The van der Waals surface area contributed by atoms with Crippen molar-refractivity contribution >= 4 is 37.3 Å². The highest BCUT2D eigenvalue weighted by molar-refractivity contribution is 7.92. The Hall–Kier alpha value is -2.50. The van der Waals surface area contributed by atoms with Crippen molar-refractivity contribution < 1.29 is 26.0 Å². The van der Waals surface area contributed by atoms with Crippen molar-refractivity contribution in [1.82, 2.24) is 4.31 Å². The van der Waals surface area contributed by atoms with Crippen molar-refractivity contribution in [2.45, 2.75) is 38.0 Å². The quantitative estimate of drug-likeness (QED) is 0.581. The van der Waals surface area contributed by atoms with Gasteiger partial charge in [-0.25, -0.2) is 21.2 Å². The predicted molar refractivity (Wildman–Crippen MR) is 125 cm³/mol. The lowest BCUT2D eigenvalue weighted by Crippen LogP contribution is -2.43. The fraction of sp³-hybridized carbons (Fsp3) is 0.409. The topological polar surface area (TPSA) is 113 Å². The van der Waals surface area contributed by atoms with Gasteiger partial charge in [-0.1, -0.05) is 13.0 Å². The van der Waals surface area contributed by atoms with Crippen molar-refractivity contribution in [2.75, 3.05) is 28.9 Å². The van der Waals surface area contributed by atoms with Gasteiger partial charge < -0.3 is 5.32 Å². The van der Waals surface area contributed by atoms with E-state index in [2.05, 4.69) is 10.0 Å². The van der Waals surface area contributed by atoms with Crippen LogP contribution < -0.4 is 10.0 Å². The van der Waals surface area contributed by atoms with Crippen molar-refractivity contribution in [3.63, 3.8) is 0 Å². The van der Waals surface area contributed by atoms with Gasteiger partial charge in [0, 0.05) is 18.8 Å². The van der Waals surface area contributed by atoms with E-state index in [1.165, 1.54) is 16.4 Å². The fourth-order valence-electron chi connectivity index (χ4n) is 3.73. The van der Waals surface area contributed by atoms with Gasteiger partial charge in [0.25, 0.3) is 0 Å². The summed E-state index contributed by atoms with van der Waals surface area (Å²) in [5, 5.41) is 2.81. The number of nitrogens with zero attached hydrogens (tertiary/aromatic N) is 1. The SMILES string of the molecule is CCCS(=O)(=O)Nc1cccc(NC(=O)C2CCCN(S(=O)(=O)c3ccc(F)cc3)C2)c1C. The van der Waals surface area contributed by atoms with E-state index >= 15 is 0 Å². The summed E-state index contributed by atoms with van der Waals surface area (Å²) in [5.41, 5.74) is 1.40. The summed E-state index contributed by atoms with van der Waals surface area (Å²) in [5.74, 6) is -1.46. The third kappa shape index (κ3) is 6.10. The molecule has 1 amide bonds. The maximum Gasteiger partial charge on any atom is 0.243 e. The summed E-state index contributed by atoms with van der Waals surface area (Å²) < 4.78 is 67.0. The zero-order valence-electron chi connectivity index (χ0n) is 18.5. The Labute approximate surface area is 194 Å². The Morgan fingerprint density at radius 3 is 2.42 bits per heavy atom. The van der Waals surface area contributed by atoms with Gasteiger partial charge in [-0.15, -0.1) is 0 Å². The van der Waals surface area contributed by atoms with Gasteiger partial charge in [-0.05, 0) is 68.1 Å². The first-order valence-electron chi connectivity index (χ1n) is 10.7. The number of carbonyl (C=O) groups is 1. The van der Waals surface area contributed by atoms with E-state index in [0.29, 0.717) is 36.2 Å². The minimum atomic E-state index is -3.85. The minimum Gasteiger partial charge on any atom is -0.325 e. The Morgan fingerprint density at radius 2 is 1.76 bits per heavy atom. The first-order valence-corrected chi connectivity index (χ1v) is 13.8. The normalized spacial score (nSPS) is 17.5. The number of sulfonamides is 2. The van der Waals surface area contributed by atoms with Crippen LogP contribution in [0.2, 0.25) is 0 Å². The predicted octanol–water partition coefficient (Wildman–Crippen LogP) is 3.33. The fourth-order valence-corrected chi connectivity index (χ4v) is 6.45. The van der Waals surface area contributed by atoms with Crippen LogP contribution in [0.25, 0.3) is 0 Å². The lowest BCUT2D eigenvalue weighted by molar-refractivity contribution is -0.120. The molecule has 1 aliphatic heterocycles. The third-order valence-corrected chi connectivity index (χ3v) is 8.89. The molecule has 0 aliphatic carbocycles. The molecule has 1 fully saturated rings. The van der Waals surface area contributed by atoms with Crippen LogP contribution in [0.5, 0.6) is 0 Å². The molecular formula is C22H28FN3O5S2. The first-order chi connectivity index (χ1) is 15.5. The molecule has 1 atom stereocenters. The van der Waals surface area contributed by atoms with Gasteiger partial charge in [0.2, 0.25) is 26.0 Å². The molecule has 1 aliphatic rings. The standard InChI is InChI=1S/C22H28FN3O5S2/c1-3-14-32(28,29)25-21-8-4-7-20(16(21)2)24-22(27)17-6-5-13-26(15-17)33(30,31)19-11-9-18(23)10-12-19/h4,7-12,17,25H,3,5-6,13-15H2,1-2H3,(H,24,27). The molecule has 180 valence electrons. The van der Waals surface area contributed by atoms with Gasteiger partial charge in [0.1, 0.15) is 5.82 Å². The zero-order chi connectivity index (χ0) is 24.2. The number of benzene rings is 2. The van der Waals surface area contributed by atoms with Crippen LogP contribution in [0.4, 0.5) is 15.8 Å². The lowest BCUT2D eigenvalue weighted by atomic mass is 9.98. The van der Waals surface area contributed by atoms with E-state index in [4.69, 9.17) is 0 Å². The number of nitrogens with one attached hydrogen (secondary N) is 2. The number of carbonyl (C=O) groups excluding carboxylic acids is 1. The molecule has 0 saturated carbocycles. The molecular weight excluding hydrogens is 469 g/mol.